The van der Waals surface area contributed by atoms with E-state index in [1.807, 2.05) is 55.4 Å². The fraction of sp³-hybridized carbons (Fsp3) is 0.333. The van der Waals surface area contributed by atoms with Crippen molar-refractivity contribution in [1.29, 1.82) is 0 Å². The average Bonchev–Trinajstić information content (AvgIpc) is 3.16. The molecule has 1 aromatic heterocycles. The zero-order valence-electron chi connectivity index (χ0n) is 18.9. The number of rotatable bonds is 9. The smallest absolute Gasteiger partial charge is 0.335 e. The van der Waals surface area contributed by atoms with E-state index in [0.29, 0.717) is 17.0 Å². The molecule has 2 aromatic carbocycles. The molecule has 0 aliphatic carbocycles. The van der Waals surface area contributed by atoms with Crippen molar-refractivity contribution in [3.05, 3.63) is 65.6 Å². The van der Waals surface area contributed by atoms with Crippen LogP contribution in [0.2, 0.25) is 0 Å². The number of ether oxygens (including phenoxy) is 2. The predicted octanol–water partition coefficient (Wildman–Crippen LogP) is 4.19. The number of hydrogen-bond acceptors (Lipinski definition) is 5. The van der Waals surface area contributed by atoms with Crippen LogP contribution in [0.1, 0.15) is 25.1 Å². The van der Waals surface area contributed by atoms with E-state index in [2.05, 4.69) is 5.10 Å². The van der Waals surface area contributed by atoms with Gasteiger partial charge in [-0.2, -0.15) is 5.10 Å². The quantitative estimate of drug-likeness (QED) is 0.537. The number of carbonyl (C=O) groups is 1. The Kier molecular flexibility index (Phi) is 6.84. The minimum absolute atomic E-state index is 0.00107. The van der Waals surface area contributed by atoms with E-state index in [-0.39, 0.29) is 19.0 Å². The summed E-state index contributed by atoms with van der Waals surface area (Å²) in [6.07, 6.45) is 0. The highest BCUT2D eigenvalue weighted by Gasteiger charge is 2.28. The van der Waals surface area contributed by atoms with Crippen molar-refractivity contribution in [2.75, 3.05) is 26.1 Å². The Bertz CT molecular complexity index is 1110. The number of halogens is 1. The molecule has 0 bridgehead atoms. The van der Waals surface area contributed by atoms with Crippen LogP contribution in [0.3, 0.4) is 0 Å². The van der Waals surface area contributed by atoms with Gasteiger partial charge in [0.2, 0.25) is 0 Å². The molecule has 0 saturated heterocycles. The Morgan fingerprint density at radius 2 is 1.91 bits per heavy atom. The molecular weight excluding hydrogens is 413 g/mol. The van der Waals surface area contributed by atoms with Gasteiger partial charge in [0.15, 0.2) is 5.60 Å². The molecule has 0 radical (unpaired) electrons. The highest BCUT2D eigenvalue weighted by Crippen LogP contribution is 2.29. The van der Waals surface area contributed by atoms with Crippen molar-refractivity contribution in [3.8, 4) is 17.0 Å². The molecule has 3 rings (SSSR count). The van der Waals surface area contributed by atoms with Crippen LogP contribution < -0.4 is 9.64 Å². The number of aliphatic carboxylic acids is 1. The van der Waals surface area contributed by atoms with Gasteiger partial charge in [-0.25, -0.2) is 9.18 Å². The Balaban J connectivity index is 2.04. The molecule has 32 heavy (non-hydrogen) atoms. The van der Waals surface area contributed by atoms with Gasteiger partial charge in [-0.1, -0.05) is 18.2 Å². The maximum atomic E-state index is 14.8. The zero-order chi connectivity index (χ0) is 23.5. The van der Waals surface area contributed by atoms with Crippen LogP contribution >= 0.6 is 0 Å². The Labute approximate surface area is 187 Å². The van der Waals surface area contributed by atoms with Gasteiger partial charge >= 0.3 is 5.97 Å². The molecule has 170 valence electrons. The highest BCUT2D eigenvalue weighted by molar-refractivity contribution is 5.76. The maximum Gasteiger partial charge on any atom is 0.335 e. The predicted molar refractivity (Wildman–Crippen MR) is 121 cm³/mol. The lowest BCUT2D eigenvalue weighted by Crippen LogP contribution is -2.34. The summed E-state index contributed by atoms with van der Waals surface area (Å²) >= 11 is 0. The summed E-state index contributed by atoms with van der Waals surface area (Å²) in [6, 6.07) is 14.3. The Hall–Kier alpha value is -3.39. The fourth-order valence-corrected chi connectivity index (χ4v) is 3.26. The van der Waals surface area contributed by atoms with E-state index in [9.17, 15) is 14.3 Å². The summed E-state index contributed by atoms with van der Waals surface area (Å²) < 4.78 is 27.4. The van der Waals surface area contributed by atoms with Crippen LogP contribution in [-0.4, -0.2) is 47.7 Å². The zero-order valence-corrected chi connectivity index (χ0v) is 18.9. The van der Waals surface area contributed by atoms with E-state index >= 15 is 0 Å². The van der Waals surface area contributed by atoms with E-state index in [1.165, 1.54) is 19.9 Å². The maximum absolute atomic E-state index is 14.8. The van der Waals surface area contributed by atoms with Crippen LogP contribution in [-0.2, 0) is 22.7 Å². The summed E-state index contributed by atoms with van der Waals surface area (Å²) in [6.45, 7) is 3.16. The van der Waals surface area contributed by atoms with Gasteiger partial charge in [0, 0.05) is 30.9 Å². The minimum atomic E-state index is -1.36. The highest BCUT2D eigenvalue weighted by atomic mass is 19.1. The third kappa shape index (κ3) is 5.08. The van der Waals surface area contributed by atoms with Gasteiger partial charge in [-0.15, -0.1) is 0 Å². The lowest BCUT2D eigenvalue weighted by Gasteiger charge is -2.19. The second kappa shape index (κ2) is 9.40. The standard InChI is InChI=1S/C24H28FN3O4/c1-24(2,23(29)30)32-15-17-13-22(16-8-6-9-18(12-16)31-5)28(26-17)14-19-20(25)10-7-11-21(19)27(3)4/h6-13H,14-15H2,1-5H3,(H,29,30). The van der Waals surface area contributed by atoms with Gasteiger partial charge in [-0.3, -0.25) is 4.68 Å². The molecule has 0 spiro atoms. The van der Waals surface area contributed by atoms with Crippen molar-refractivity contribution in [1.82, 2.24) is 9.78 Å². The molecule has 0 fully saturated rings. The molecule has 0 atom stereocenters. The summed E-state index contributed by atoms with van der Waals surface area (Å²) in [5.41, 5.74) is 2.01. The van der Waals surface area contributed by atoms with Crippen LogP contribution in [0.5, 0.6) is 5.75 Å². The number of aromatic nitrogens is 2. The van der Waals surface area contributed by atoms with Gasteiger partial charge in [0.25, 0.3) is 0 Å². The van der Waals surface area contributed by atoms with Gasteiger partial charge < -0.3 is 19.5 Å². The fourth-order valence-electron chi connectivity index (χ4n) is 3.26. The number of methoxy groups -OCH3 is 1. The molecule has 1 N–H and O–H groups in total. The van der Waals surface area contributed by atoms with Crippen molar-refractivity contribution in [3.63, 3.8) is 0 Å². The summed E-state index contributed by atoms with van der Waals surface area (Å²) in [4.78, 5) is 13.2. The van der Waals surface area contributed by atoms with Crippen molar-refractivity contribution in [2.24, 2.45) is 0 Å². The van der Waals surface area contributed by atoms with Gasteiger partial charge in [-0.05, 0) is 44.2 Å². The monoisotopic (exact) mass is 441 g/mol. The number of carboxylic acids is 1. The van der Waals surface area contributed by atoms with E-state index in [1.54, 1.807) is 17.9 Å². The van der Waals surface area contributed by atoms with Crippen LogP contribution in [0, 0.1) is 5.82 Å². The molecule has 3 aromatic rings. The van der Waals surface area contributed by atoms with Crippen LogP contribution in [0.25, 0.3) is 11.3 Å². The third-order valence-corrected chi connectivity index (χ3v) is 5.18. The SMILES string of the molecule is COc1cccc(-c2cc(COC(C)(C)C(=O)O)nn2Cc2c(F)cccc2N(C)C)c1. The Morgan fingerprint density at radius 3 is 2.56 bits per heavy atom. The number of carboxylic acid groups (broad SMARTS) is 1. The molecule has 1 heterocycles. The molecule has 0 aliphatic heterocycles. The topological polar surface area (TPSA) is 76.8 Å². The lowest BCUT2D eigenvalue weighted by molar-refractivity contribution is -0.162. The van der Waals surface area contributed by atoms with E-state index < -0.39 is 11.6 Å². The number of hydrogen-bond donors (Lipinski definition) is 1. The van der Waals surface area contributed by atoms with Crippen molar-refractivity contribution in [2.45, 2.75) is 32.6 Å². The molecule has 8 heteroatoms. The molecule has 0 aliphatic rings. The van der Waals surface area contributed by atoms with Crippen LogP contribution in [0.4, 0.5) is 10.1 Å². The number of anilines is 1. The summed E-state index contributed by atoms with van der Waals surface area (Å²) in [5, 5.41) is 13.9. The first-order valence-corrected chi connectivity index (χ1v) is 10.2. The second-order valence-corrected chi connectivity index (χ2v) is 8.15. The van der Waals surface area contributed by atoms with Crippen molar-refractivity contribution < 1.29 is 23.8 Å². The first kappa shape index (κ1) is 23.3. The Morgan fingerprint density at radius 1 is 1.19 bits per heavy atom. The lowest BCUT2D eigenvalue weighted by atomic mass is 10.1. The first-order chi connectivity index (χ1) is 15.1. The molecule has 7 nitrogen and oxygen atoms in total. The summed E-state index contributed by atoms with van der Waals surface area (Å²) in [5.74, 6) is -0.708. The van der Waals surface area contributed by atoms with E-state index in [4.69, 9.17) is 9.47 Å². The van der Waals surface area contributed by atoms with Gasteiger partial charge in [0.05, 0.1) is 31.6 Å². The molecule has 0 saturated carbocycles. The van der Waals surface area contributed by atoms with E-state index in [0.717, 1.165) is 16.9 Å². The average molecular weight is 442 g/mol. The summed E-state index contributed by atoms with van der Waals surface area (Å²) in [7, 11) is 5.31. The minimum Gasteiger partial charge on any atom is -0.497 e. The van der Waals surface area contributed by atoms with Crippen LogP contribution in [0.15, 0.2) is 48.5 Å². The number of benzene rings is 2. The second-order valence-electron chi connectivity index (χ2n) is 8.15. The molecule has 0 amide bonds. The number of nitrogens with zero attached hydrogens (tertiary/aromatic N) is 3. The third-order valence-electron chi connectivity index (χ3n) is 5.18. The molecule has 0 unspecified atom stereocenters. The van der Waals surface area contributed by atoms with Crippen molar-refractivity contribution >= 4 is 11.7 Å². The largest absolute Gasteiger partial charge is 0.497 e. The normalized spacial score (nSPS) is 11.4. The molecular formula is C24H28FN3O4. The van der Waals surface area contributed by atoms with Gasteiger partial charge in [0.1, 0.15) is 11.6 Å². The first-order valence-electron chi connectivity index (χ1n) is 10.2.